The van der Waals surface area contributed by atoms with Crippen LogP contribution >= 0.6 is 0 Å². The fourth-order valence-corrected chi connectivity index (χ4v) is 1.87. The van der Waals surface area contributed by atoms with Crippen molar-refractivity contribution < 1.29 is 18.3 Å². The summed E-state index contributed by atoms with van der Waals surface area (Å²) >= 11 is 0. The maximum atomic E-state index is 13.7. The number of alkyl halides is 1. The smallest absolute Gasteiger partial charge is 0.359 e. The van der Waals surface area contributed by atoms with Gasteiger partial charge in [-0.2, -0.15) is 4.39 Å². The summed E-state index contributed by atoms with van der Waals surface area (Å²) in [4.78, 5) is 19.6. The Bertz CT molecular complexity index is 602. The van der Waals surface area contributed by atoms with Gasteiger partial charge in [0, 0.05) is 12.6 Å². The summed E-state index contributed by atoms with van der Waals surface area (Å²) in [6, 6.07) is 4.94. The first-order valence-corrected chi connectivity index (χ1v) is 6.51. The second-order valence-corrected chi connectivity index (χ2v) is 4.40. The van der Waals surface area contributed by atoms with Crippen molar-refractivity contribution in [2.75, 3.05) is 13.3 Å². The number of rotatable bonds is 6. The van der Waals surface area contributed by atoms with Crippen molar-refractivity contribution in [2.45, 2.75) is 19.4 Å². The molecule has 0 radical (unpaired) electrons. The molecule has 2 heterocycles. The monoisotopic (exact) mass is 295 g/mol. The Kier molecular flexibility index (Phi) is 4.97. The number of pyridine rings is 1. The van der Waals surface area contributed by atoms with Gasteiger partial charge in [0.25, 0.3) is 0 Å². The number of hydrogen-bond acceptors (Lipinski definition) is 4. The molecule has 7 heteroatoms. The Morgan fingerprint density at radius 2 is 2.24 bits per heavy atom. The topological polar surface area (TPSA) is 57.0 Å². The standard InChI is InChI=1S/C14H15F2N3O2/c1-10(11-5-2-3-7-17-11)19-9-18-13(16)12(19)14(20)21-8-4-6-15/h2-3,5,7,9-10H,4,6,8H2,1H3/t10-/m1/s1. The number of nitrogens with zero attached hydrogens (tertiary/aromatic N) is 3. The lowest BCUT2D eigenvalue weighted by molar-refractivity contribution is 0.0474. The van der Waals surface area contributed by atoms with Crippen LogP contribution in [-0.4, -0.2) is 33.8 Å². The minimum Gasteiger partial charge on any atom is -0.461 e. The minimum absolute atomic E-state index is 0.0806. The van der Waals surface area contributed by atoms with Gasteiger partial charge >= 0.3 is 5.97 Å². The van der Waals surface area contributed by atoms with Gasteiger partial charge in [-0.3, -0.25) is 9.37 Å². The molecule has 112 valence electrons. The number of hydrogen-bond donors (Lipinski definition) is 0. The van der Waals surface area contributed by atoms with Gasteiger partial charge in [0.2, 0.25) is 5.95 Å². The summed E-state index contributed by atoms with van der Waals surface area (Å²) in [6.07, 6.45) is 2.91. The molecule has 1 atom stereocenters. The maximum absolute atomic E-state index is 13.7. The van der Waals surface area contributed by atoms with Crippen LogP contribution < -0.4 is 0 Å². The Hall–Kier alpha value is -2.31. The molecule has 0 aliphatic heterocycles. The fraction of sp³-hybridized carbons (Fsp3) is 0.357. The summed E-state index contributed by atoms with van der Waals surface area (Å²) in [6.45, 7) is 1.07. The van der Waals surface area contributed by atoms with Crippen molar-refractivity contribution in [3.8, 4) is 0 Å². The molecule has 0 saturated carbocycles. The molecule has 0 aliphatic rings. The molecule has 0 fully saturated rings. The van der Waals surface area contributed by atoms with Crippen LogP contribution in [-0.2, 0) is 4.74 Å². The number of esters is 1. The molecule has 0 N–H and O–H groups in total. The summed E-state index contributed by atoms with van der Waals surface area (Å²) in [5.74, 6) is -1.77. The van der Waals surface area contributed by atoms with E-state index in [2.05, 4.69) is 9.97 Å². The van der Waals surface area contributed by atoms with Crippen molar-refractivity contribution in [3.63, 3.8) is 0 Å². The van der Waals surface area contributed by atoms with Crippen molar-refractivity contribution in [3.05, 3.63) is 48.1 Å². The number of halogens is 2. The van der Waals surface area contributed by atoms with E-state index in [4.69, 9.17) is 4.74 Å². The van der Waals surface area contributed by atoms with E-state index in [1.807, 2.05) is 0 Å². The Labute approximate surface area is 120 Å². The third kappa shape index (κ3) is 3.42. The predicted molar refractivity (Wildman–Crippen MR) is 71.1 cm³/mol. The molecule has 0 spiro atoms. The van der Waals surface area contributed by atoms with E-state index in [0.717, 1.165) is 0 Å². The molecule has 2 rings (SSSR count). The van der Waals surface area contributed by atoms with Crippen LogP contribution in [0.3, 0.4) is 0 Å². The summed E-state index contributed by atoms with van der Waals surface area (Å²) in [5.41, 5.74) is 0.375. The first kappa shape index (κ1) is 15.1. The SMILES string of the molecule is C[C@H](c1ccccn1)n1cnc(F)c1C(=O)OCCCF. The molecule has 2 aromatic heterocycles. The minimum atomic E-state index is -0.914. The number of carbonyl (C=O) groups excluding carboxylic acids is 1. The van der Waals surface area contributed by atoms with E-state index < -0.39 is 18.6 Å². The van der Waals surface area contributed by atoms with Crippen LogP contribution in [0.25, 0.3) is 0 Å². The molecular formula is C14H15F2N3O2. The van der Waals surface area contributed by atoms with E-state index in [9.17, 15) is 13.6 Å². The largest absolute Gasteiger partial charge is 0.461 e. The van der Waals surface area contributed by atoms with Gasteiger partial charge in [-0.05, 0) is 19.1 Å². The second kappa shape index (κ2) is 6.92. The van der Waals surface area contributed by atoms with Gasteiger partial charge in [0.15, 0.2) is 5.69 Å². The molecule has 21 heavy (non-hydrogen) atoms. The van der Waals surface area contributed by atoms with Crippen LogP contribution in [0.1, 0.15) is 35.6 Å². The third-order valence-electron chi connectivity index (χ3n) is 2.99. The first-order chi connectivity index (χ1) is 10.1. The quantitative estimate of drug-likeness (QED) is 0.607. The lowest BCUT2D eigenvalue weighted by Crippen LogP contribution is -2.18. The van der Waals surface area contributed by atoms with E-state index >= 15 is 0 Å². The van der Waals surface area contributed by atoms with Crippen molar-refractivity contribution in [1.82, 2.24) is 14.5 Å². The van der Waals surface area contributed by atoms with Crippen LogP contribution in [0.4, 0.5) is 8.78 Å². The van der Waals surface area contributed by atoms with E-state index in [1.54, 1.807) is 31.3 Å². The second-order valence-electron chi connectivity index (χ2n) is 4.40. The van der Waals surface area contributed by atoms with Crippen LogP contribution in [0.5, 0.6) is 0 Å². The highest BCUT2D eigenvalue weighted by atomic mass is 19.1. The third-order valence-corrected chi connectivity index (χ3v) is 2.99. The molecule has 2 aromatic rings. The van der Waals surface area contributed by atoms with Gasteiger partial charge in [-0.15, -0.1) is 0 Å². The van der Waals surface area contributed by atoms with E-state index in [0.29, 0.717) is 5.69 Å². The zero-order chi connectivity index (χ0) is 15.2. The first-order valence-electron chi connectivity index (χ1n) is 6.51. The molecule has 0 amide bonds. The fourth-order valence-electron chi connectivity index (χ4n) is 1.87. The highest BCUT2D eigenvalue weighted by Gasteiger charge is 2.24. The average Bonchev–Trinajstić information content (AvgIpc) is 2.89. The predicted octanol–water partition coefficient (Wildman–Crippen LogP) is 2.54. The van der Waals surface area contributed by atoms with Crippen molar-refractivity contribution in [2.24, 2.45) is 0 Å². The molecule has 5 nitrogen and oxygen atoms in total. The zero-order valence-electron chi connectivity index (χ0n) is 11.5. The number of ether oxygens (including phenoxy) is 1. The van der Waals surface area contributed by atoms with Gasteiger partial charge in [-0.25, -0.2) is 9.78 Å². The molecule has 0 saturated heterocycles. The average molecular weight is 295 g/mol. The maximum Gasteiger partial charge on any atom is 0.359 e. The Morgan fingerprint density at radius 3 is 2.90 bits per heavy atom. The van der Waals surface area contributed by atoms with Gasteiger partial charge in [0.1, 0.15) is 0 Å². The van der Waals surface area contributed by atoms with Crippen molar-refractivity contribution in [1.29, 1.82) is 0 Å². The summed E-state index contributed by atoms with van der Waals surface area (Å²) in [5, 5.41) is 0. The van der Waals surface area contributed by atoms with Crippen LogP contribution in [0.2, 0.25) is 0 Å². The Morgan fingerprint density at radius 1 is 1.43 bits per heavy atom. The van der Waals surface area contributed by atoms with E-state index in [-0.39, 0.29) is 24.8 Å². The lowest BCUT2D eigenvalue weighted by atomic mass is 10.2. The number of imidazole rings is 1. The normalized spacial score (nSPS) is 12.1. The van der Waals surface area contributed by atoms with Gasteiger partial charge in [-0.1, -0.05) is 6.07 Å². The lowest BCUT2D eigenvalue weighted by Gasteiger charge is -2.15. The van der Waals surface area contributed by atoms with Gasteiger partial charge < -0.3 is 9.30 Å². The van der Waals surface area contributed by atoms with Crippen LogP contribution in [0.15, 0.2) is 30.7 Å². The number of aromatic nitrogens is 3. The number of carbonyl (C=O) groups is 1. The summed E-state index contributed by atoms with van der Waals surface area (Å²) in [7, 11) is 0. The van der Waals surface area contributed by atoms with Crippen LogP contribution in [0, 0.1) is 5.95 Å². The van der Waals surface area contributed by atoms with E-state index in [1.165, 1.54) is 10.9 Å². The summed E-state index contributed by atoms with van der Waals surface area (Å²) < 4.78 is 31.9. The van der Waals surface area contributed by atoms with Gasteiger partial charge in [0.05, 0.1) is 31.3 Å². The molecule has 0 aliphatic carbocycles. The highest BCUT2D eigenvalue weighted by molar-refractivity contribution is 5.87. The Balaban J connectivity index is 2.23. The molecule has 0 bridgehead atoms. The highest BCUT2D eigenvalue weighted by Crippen LogP contribution is 2.20. The molecule has 0 aromatic carbocycles. The van der Waals surface area contributed by atoms with Crippen molar-refractivity contribution >= 4 is 5.97 Å². The zero-order valence-corrected chi connectivity index (χ0v) is 11.5. The molecule has 0 unspecified atom stereocenters. The molecular weight excluding hydrogens is 280 g/mol.